The number of nitrogens with zero attached hydrogens (tertiary/aromatic N) is 1. The molecule has 0 radical (unpaired) electrons. The molecule has 0 saturated carbocycles. The van der Waals surface area contributed by atoms with Crippen LogP contribution in [0.25, 0.3) is 0 Å². The highest BCUT2D eigenvalue weighted by atomic mass is 127. The Labute approximate surface area is 150 Å². The number of rotatable bonds is 6. The first-order valence-electron chi connectivity index (χ1n) is 7.40. The van der Waals surface area contributed by atoms with Crippen molar-refractivity contribution in [3.05, 3.63) is 27.3 Å². The van der Waals surface area contributed by atoms with E-state index in [1.54, 1.807) is 18.2 Å². The summed E-state index contributed by atoms with van der Waals surface area (Å²) in [4.78, 5) is 10.8. The maximum absolute atomic E-state index is 12.9. The number of carboxylic acids is 1. The van der Waals surface area contributed by atoms with E-state index in [2.05, 4.69) is 22.6 Å². The van der Waals surface area contributed by atoms with Crippen LogP contribution in [0.15, 0.2) is 23.1 Å². The lowest BCUT2D eigenvalue weighted by Gasteiger charge is -2.34. The summed E-state index contributed by atoms with van der Waals surface area (Å²) >= 11 is 2.12. The highest BCUT2D eigenvalue weighted by Crippen LogP contribution is 2.27. The topological polar surface area (TPSA) is 83.9 Å². The van der Waals surface area contributed by atoms with Gasteiger partial charge >= 0.3 is 5.97 Å². The average molecular weight is 453 g/mol. The third-order valence-electron chi connectivity index (χ3n) is 3.86. The molecule has 1 unspecified atom stereocenters. The molecule has 1 N–H and O–H groups in total. The predicted molar refractivity (Wildman–Crippen MR) is 93.9 cm³/mol. The van der Waals surface area contributed by atoms with E-state index in [0.29, 0.717) is 13.0 Å². The van der Waals surface area contributed by atoms with E-state index in [-0.39, 0.29) is 17.5 Å². The van der Waals surface area contributed by atoms with Crippen LogP contribution in [0.4, 0.5) is 0 Å². The van der Waals surface area contributed by atoms with E-state index >= 15 is 0 Å². The Morgan fingerprint density at radius 1 is 1.43 bits per heavy atom. The molecule has 1 aromatic rings. The van der Waals surface area contributed by atoms with Crippen molar-refractivity contribution in [2.75, 3.05) is 19.8 Å². The number of carbonyl (C=O) groups is 1. The first kappa shape index (κ1) is 18.6. The molecular weight excluding hydrogens is 433 g/mol. The molecule has 0 aliphatic carbocycles. The van der Waals surface area contributed by atoms with Gasteiger partial charge in [-0.05, 0) is 60.1 Å². The van der Waals surface area contributed by atoms with Crippen LogP contribution in [0.1, 0.15) is 24.8 Å². The Morgan fingerprint density at radius 3 is 2.83 bits per heavy atom. The van der Waals surface area contributed by atoms with Gasteiger partial charge < -0.3 is 9.84 Å². The third-order valence-corrected chi connectivity index (χ3v) is 6.97. The molecule has 1 aromatic carbocycles. The molecule has 0 amide bonds. The minimum Gasteiger partial charge on any atom is -0.480 e. The number of hydrogen-bond acceptors (Lipinski definition) is 4. The molecule has 0 bridgehead atoms. The highest BCUT2D eigenvalue weighted by Gasteiger charge is 2.33. The maximum Gasteiger partial charge on any atom is 0.329 e. The molecule has 0 spiro atoms. The van der Waals surface area contributed by atoms with Crippen LogP contribution in [0.2, 0.25) is 0 Å². The molecule has 1 aliphatic heterocycles. The van der Waals surface area contributed by atoms with Crippen molar-refractivity contribution in [2.24, 2.45) is 0 Å². The van der Waals surface area contributed by atoms with E-state index in [1.807, 2.05) is 6.92 Å². The smallest absolute Gasteiger partial charge is 0.329 e. The number of sulfonamides is 1. The number of carboxylic acid groups (broad SMARTS) is 1. The Morgan fingerprint density at radius 2 is 2.17 bits per heavy atom. The summed E-state index contributed by atoms with van der Waals surface area (Å²) in [6.45, 7) is 2.07. The number of aliphatic carboxylic acids is 1. The van der Waals surface area contributed by atoms with Gasteiger partial charge in [0.05, 0.1) is 11.5 Å². The minimum atomic E-state index is -3.60. The number of aryl methyl sites for hydroxylation is 1. The molecule has 1 aliphatic rings. The Kier molecular flexibility index (Phi) is 6.40. The first-order valence-corrected chi connectivity index (χ1v) is 9.92. The second-order valence-corrected chi connectivity index (χ2v) is 8.64. The summed E-state index contributed by atoms with van der Waals surface area (Å²) in [5.74, 6) is -1.05. The van der Waals surface area contributed by atoms with Crippen molar-refractivity contribution in [1.29, 1.82) is 0 Å². The first-order chi connectivity index (χ1) is 10.8. The standard InChI is InChI=1S/C15H20INO5S/c1-11-5-6-13(8-14(11)16)23(20,21)17-7-3-2-4-12(17)9-22-10-15(18)19/h5-6,8,12H,2-4,7,9-10H2,1H3,(H,18,19). The number of benzene rings is 1. The van der Waals surface area contributed by atoms with Gasteiger partial charge in [-0.2, -0.15) is 4.31 Å². The minimum absolute atomic E-state index is 0.106. The van der Waals surface area contributed by atoms with Crippen molar-refractivity contribution >= 4 is 38.6 Å². The van der Waals surface area contributed by atoms with Gasteiger partial charge in [0.1, 0.15) is 6.61 Å². The van der Waals surface area contributed by atoms with Gasteiger partial charge in [0, 0.05) is 16.2 Å². The van der Waals surface area contributed by atoms with Crippen LogP contribution >= 0.6 is 22.6 Å². The van der Waals surface area contributed by atoms with E-state index in [4.69, 9.17) is 9.84 Å². The molecule has 1 heterocycles. The second kappa shape index (κ2) is 7.91. The van der Waals surface area contributed by atoms with Gasteiger partial charge in [-0.1, -0.05) is 12.5 Å². The lowest BCUT2D eigenvalue weighted by Crippen LogP contribution is -2.46. The number of halogens is 1. The zero-order valence-electron chi connectivity index (χ0n) is 12.9. The zero-order chi connectivity index (χ0) is 17.0. The van der Waals surface area contributed by atoms with Crippen molar-refractivity contribution < 1.29 is 23.1 Å². The van der Waals surface area contributed by atoms with Crippen molar-refractivity contribution in [2.45, 2.75) is 37.1 Å². The lowest BCUT2D eigenvalue weighted by molar-refractivity contribution is -0.142. The fraction of sp³-hybridized carbons (Fsp3) is 0.533. The molecule has 8 heteroatoms. The zero-order valence-corrected chi connectivity index (χ0v) is 15.8. The Bertz CT molecular complexity index is 676. The van der Waals surface area contributed by atoms with Gasteiger partial charge in [0.25, 0.3) is 0 Å². The summed E-state index contributed by atoms with van der Waals surface area (Å²) in [7, 11) is -3.60. The highest BCUT2D eigenvalue weighted by molar-refractivity contribution is 14.1. The van der Waals surface area contributed by atoms with Gasteiger partial charge in [-0.15, -0.1) is 0 Å². The van der Waals surface area contributed by atoms with Crippen molar-refractivity contribution in [3.8, 4) is 0 Å². The predicted octanol–water partition coefficient (Wildman–Crippen LogP) is 2.24. The van der Waals surface area contributed by atoms with E-state index in [0.717, 1.165) is 22.0 Å². The Balaban J connectivity index is 2.20. The monoisotopic (exact) mass is 453 g/mol. The van der Waals surface area contributed by atoms with E-state index in [9.17, 15) is 13.2 Å². The number of hydrogen-bond donors (Lipinski definition) is 1. The van der Waals surface area contributed by atoms with Gasteiger partial charge in [-0.25, -0.2) is 13.2 Å². The van der Waals surface area contributed by atoms with Crippen LogP contribution in [-0.4, -0.2) is 49.6 Å². The Hall–Kier alpha value is -0.710. The molecule has 6 nitrogen and oxygen atoms in total. The average Bonchev–Trinajstić information content (AvgIpc) is 2.50. The van der Waals surface area contributed by atoms with Crippen molar-refractivity contribution in [1.82, 2.24) is 4.31 Å². The maximum atomic E-state index is 12.9. The van der Waals surface area contributed by atoms with Crippen LogP contribution in [0.5, 0.6) is 0 Å². The molecular formula is C15H20INO5S. The van der Waals surface area contributed by atoms with Gasteiger partial charge in [0.2, 0.25) is 10.0 Å². The molecule has 128 valence electrons. The van der Waals surface area contributed by atoms with Crippen LogP contribution in [0, 0.1) is 10.5 Å². The van der Waals surface area contributed by atoms with Crippen LogP contribution in [0.3, 0.4) is 0 Å². The second-order valence-electron chi connectivity index (χ2n) is 5.59. The molecule has 1 saturated heterocycles. The fourth-order valence-electron chi connectivity index (χ4n) is 2.61. The molecule has 1 fully saturated rings. The quantitative estimate of drug-likeness (QED) is 0.669. The summed E-state index contributed by atoms with van der Waals surface area (Å²) in [5.41, 5.74) is 1.03. The summed E-state index contributed by atoms with van der Waals surface area (Å²) in [6, 6.07) is 4.78. The van der Waals surface area contributed by atoms with E-state index < -0.39 is 22.6 Å². The number of piperidine rings is 1. The normalized spacial score (nSPS) is 19.7. The molecule has 23 heavy (non-hydrogen) atoms. The van der Waals surface area contributed by atoms with Crippen molar-refractivity contribution in [3.63, 3.8) is 0 Å². The van der Waals surface area contributed by atoms with E-state index in [1.165, 1.54) is 4.31 Å². The van der Waals surface area contributed by atoms with Crippen LogP contribution in [-0.2, 0) is 19.6 Å². The third kappa shape index (κ3) is 4.65. The van der Waals surface area contributed by atoms with Gasteiger partial charge in [-0.3, -0.25) is 0 Å². The summed E-state index contributed by atoms with van der Waals surface area (Å²) < 4.78 is 33.3. The fourth-order valence-corrected chi connectivity index (χ4v) is 5.04. The summed E-state index contributed by atoms with van der Waals surface area (Å²) in [6.07, 6.45) is 2.40. The lowest BCUT2D eigenvalue weighted by atomic mass is 10.1. The molecule has 2 rings (SSSR count). The van der Waals surface area contributed by atoms with Crippen LogP contribution < -0.4 is 0 Å². The van der Waals surface area contributed by atoms with Gasteiger partial charge in [0.15, 0.2) is 0 Å². The largest absolute Gasteiger partial charge is 0.480 e. The molecule has 1 atom stereocenters. The summed E-state index contributed by atoms with van der Waals surface area (Å²) in [5, 5.41) is 8.65. The molecule has 0 aromatic heterocycles. The SMILES string of the molecule is Cc1ccc(S(=O)(=O)N2CCCCC2COCC(=O)O)cc1I. The number of ether oxygens (including phenoxy) is 1.